The van der Waals surface area contributed by atoms with Gasteiger partial charge in [0.1, 0.15) is 0 Å². The molecular formula is C13H19ClN2O3S. The van der Waals surface area contributed by atoms with Crippen molar-refractivity contribution in [3.63, 3.8) is 0 Å². The highest BCUT2D eigenvalue weighted by Crippen LogP contribution is 2.20. The largest absolute Gasteiger partial charge is 0.377 e. The van der Waals surface area contributed by atoms with Crippen LogP contribution < -0.4 is 10.5 Å². The van der Waals surface area contributed by atoms with Gasteiger partial charge in [0.05, 0.1) is 11.0 Å². The molecule has 3 N–H and O–H groups in total. The zero-order valence-electron chi connectivity index (χ0n) is 11.1. The number of sulfonamides is 1. The average Bonchev–Trinajstić information content (AvgIpc) is 2.46. The second-order valence-electron chi connectivity index (χ2n) is 4.80. The van der Waals surface area contributed by atoms with Gasteiger partial charge in [0.2, 0.25) is 10.0 Å². The molecule has 0 bridgehead atoms. The maximum atomic E-state index is 12.2. The Labute approximate surface area is 124 Å². The van der Waals surface area contributed by atoms with Gasteiger partial charge in [0.15, 0.2) is 0 Å². The Hall–Kier alpha value is -0.660. The van der Waals surface area contributed by atoms with Crippen LogP contribution in [0.25, 0.3) is 0 Å². The molecule has 7 heteroatoms. The third-order valence-corrected chi connectivity index (χ3v) is 5.10. The third-order valence-electron chi connectivity index (χ3n) is 3.33. The highest BCUT2D eigenvalue weighted by atomic mass is 35.5. The minimum atomic E-state index is -3.56. The smallest absolute Gasteiger partial charge is 0.240 e. The lowest BCUT2D eigenvalue weighted by Crippen LogP contribution is -2.35. The molecule has 1 atom stereocenters. The van der Waals surface area contributed by atoms with Gasteiger partial charge in [-0.25, -0.2) is 13.1 Å². The van der Waals surface area contributed by atoms with Gasteiger partial charge >= 0.3 is 0 Å². The molecule has 1 unspecified atom stereocenters. The first kappa shape index (κ1) is 15.7. The van der Waals surface area contributed by atoms with Gasteiger partial charge in [-0.05, 0) is 37.0 Å². The normalized spacial score (nSPS) is 20.0. The molecule has 1 aromatic carbocycles. The van der Waals surface area contributed by atoms with E-state index in [-0.39, 0.29) is 17.5 Å². The lowest BCUT2D eigenvalue weighted by atomic mass is 10.1. The summed E-state index contributed by atoms with van der Waals surface area (Å²) < 4.78 is 32.4. The van der Waals surface area contributed by atoms with Crippen LogP contribution in [0.15, 0.2) is 23.1 Å². The molecule has 1 aliphatic rings. The fourth-order valence-corrected chi connectivity index (χ4v) is 3.53. The van der Waals surface area contributed by atoms with Crippen molar-refractivity contribution in [3.8, 4) is 0 Å². The zero-order chi connectivity index (χ0) is 14.6. The summed E-state index contributed by atoms with van der Waals surface area (Å²) in [6, 6.07) is 4.57. The van der Waals surface area contributed by atoms with Crippen molar-refractivity contribution in [3.05, 3.63) is 28.8 Å². The molecule has 0 aliphatic carbocycles. The van der Waals surface area contributed by atoms with Crippen LogP contribution in [0.1, 0.15) is 24.8 Å². The highest BCUT2D eigenvalue weighted by molar-refractivity contribution is 7.89. The summed E-state index contributed by atoms with van der Waals surface area (Å²) in [5.41, 5.74) is 6.22. The van der Waals surface area contributed by atoms with Gasteiger partial charge in [-0.1, -0.05) is 17.7 Å². The summed E-state index contributed by atoms with van der Waals surface area (Å²) in [5.74, 6) is 0. The topological polar surface area (TPSA) is 81.4 Å². The molecule has 0 aromatic heterocycles. The number of halogens is 1. The Morgan fingerprint density at radius 3 is 2.80 bits per heavy atom. The predicted molar refractivity (Wildman–Crippen MR) is 78.1 cm³/mol. The third kappa shape index (κ3) is 3.93. The van der Waals surface area contributed by atoms with Crippen LogP contribution in [0.4, 0.5) is 0 Å². The second-order valence-corrected chi connectivity index (χ2v) is 6.97. The minimum Gasteiger partial charge on any atom is -0.377 e. The van der Waals surface area contributed by atoms with Crippen LogP contribution in [0.5, 0.6) is 0 Å². The van der Waals surface area contributed by atoms with Gasteiger partial charge < -0.3 is 10.5 Å². The van der Waals surface area contributed by atoms with Crippen molar-refractivity contribution in [1.82, 2.24) is 4.72 Å². The van der Waals surface area contributed by atoms with Crippen molar-refractivity contribution < 1.29 is 13.2 Å². The molecule has 1 saturated heterocycles. The molecule has 0 radical (unpaired) electrons. The molecule has 5 nitrogen and oxygen atoms in total. The first-order valence-electron chi connectivity index (χ1n) is 6.62. The lowest BCUT2D eigenvalue weighted by molar-refractivity contribution is 0.0200. The summed E-state index contributed by atoms with van der Waals surface area (Å²) in [4.78, 5) is 0.149. The Morgan fingerprint density at radius 2 is 2.20 bits per heavy atom. The van der Waals surface area contributed by atoms with Crippen LogP contribution in [0.2, 0.25) is 5.02 Å². The van der Waals surface area contributed by atoms with E-state index in [1.54, 1.807) is 6.07 Å². The molecule has 1 aromatic rings. The van der Waals surface area contributed by atoms with Gasteiger partial charge in [0, 0.05) is 24.7 Å². The number of benzene rings is 1. The summed E-state index contributed by atoms with van der Waals surface area (Å²) in [6.45, 7) is 1.27. The van der Waals surface area contributed by atoms with E-state index in [4.69, 9.17) is 22.1 Å². The van der Waals surface area contributed by atoms with E-state index in [0.717, 1.165) is 24.8 Å². The number of nitrogens with one attached hydrogen (secondary N) is 1. The van der Waals surface area contributed by atoms with E-state index >= 15 is 0 Å². The van der Waals surface area contributed by atoms with E-state index < -0.39 is 10.0 Å². The SMILES string of the molecule is NCc1ccc(S(=O)(=O)NCC2CCCCO2)cc1Cl. The van der Waals surface area contributed by atoms with Crippen LogP contribution in [0.3, 0.4) is 0 Å². The maximum absolute atomic E-state index is 12.2. The van der Waals surface area contributed by atoms with Crippen LogP contribution in [0, 0.1) is 0 Å². The van der Waals surface area contributed by atoms with Crippen molar-refractivity contribution in [2.45, 2.75) is 36.8 Å². The van der Waals surface area contributed by atoms with Gasteiger partial charge in [0.25, 0.3) is 0 Å². The quantitative estimate of drug-likeness (QED) is 0.865. The Balaban J connectivity index is 2.04. The highest BCUT2D eigenvalue weighted by Gasteiger charge is 2.19. The molecule has 0 saturated carbocycles. The van der Waals surface area contributed by atoms with Crippen molar-refractivity contribution in [1.29, 1.82) is 0 Å². The molecule has 0 spiro atoms. The van der Waals surface area contributed by atoms with E-state index in [1.807, 2.05) is 0 Å². The summed E-state index contributed by atoms with van der Waals surface area (Å²) in [5, 5.41) is 0.365. The van der Waals surface area contributed by atoms with Crippen LogP contribution >= 0.6 is 11.6 Å². The Morgan fingerprint density at radius 1 is 1.40 bits per heavy atom. The van der Waals surface area contributed by atoms with Gasteiger partial charge in [-0.2, -0.15) is 0 Å². The van der Waals surface area contributed by atoms with E-state index in [2.05, 4.69) is 4.72 Å². The van der Waals surface area contributed by atoms with E-state index in [1.165, 1.54) is 12.1 Å². The molecule has 20 heavy (non-hydrogen) atoms. The monoisotopic (exact) mass is 318 g/mol. The maximum Gasteiger partial charge on any atom is 0.240 e. The predicted octanol–water partition coefficient (Wildman–Crippen LogP) is 1.65. The summed E-state index contributed by atoms with van der Waals surface area (Å²) in [7, 11) is -3.56. The standard InChI is InChI=1S/C13H19ClN2O3S/c14-13-7-12(5-4-10(13)8-15)20(17,18)16-9-11-3-1-2-6-19-11/h4-5,7,11,16H,1-3,6,8-9,15H2. The van der Waals surface area contributed by atoms with Crippen LogP contribution in [-0.2, 0) is 21.3 Å². The fraction of sp³-hybridized carbons (Fsp3) is 0.538. The fourth-order valence-electron chi connectivity index (χ4n) is 2.12. The number of rotatable bonds is 5. The number of ether oxygens (including phenoxy) is 1. The summed E-state index contributed by atoms with van der Waals surface area (Å²) >= 11 is 5.99. The Kier molecular flexibility index (Phi) is 5.40. The van der Waals surface area contributed by atoms with Gasteiger partial charge in [-0.15, -0.1) is 0 Å². The van der Waals surface area contributed by atoms with Crippen LogP contribution in [-0.4, -0.2) is 27.7 Å². The summed E-state index contributed by atoms with van der Waals surface area (Å²) in [6.07, 6.45) is 2.95. The van der Waals surface area contributed by atoms with E-state index in [0.29, 0.717) is 18.2 Å². The second kappa shape index (κ2) is 6.87. The van der Waals surface area contributed by atoms with Crippen molar-refractivity contribution in [2.75, 3.05) is 13.2 Å². The Bertz CT molecular complexity index is 557. The minimum absolute atomic E-state index is 0.0442. The van der Waals surface area contributed by atoms with E-state index in [9.17, 15) is 8.42 Å². The average molecular weight is 319 g/mol. The molecule has 1 fully saturated rings. The number of hydrogen-bond donors (Lipinski definition) is 2. The number of hydrogen-bond acceptors (Lipinski definition) is 4. The van der Waals surface area contributed by atoms with Gasteiger partial charge in [-0.3, -0.25) is 0 Å². The molecule has 112 valence electrons. The first-order valence-corrected chi connectivity index (χ1v) is 8.49. The van der Waals surface area contributed by atoms with Crippen molar-refractivity contribution in [2.24, 2.45) is 5.73 Å². The molecule has 2 rings (SSSR count). The lowest BCUT2D eigenvalue weighted by Gasteiger charge is -2.22. The molecule has 1 heterocycles. The molecular weight excluding hydrogens is 300 g/mol. The number of nitrogens with two attached hydrogens (primary N) is 1. The van der Waals surface area contributed by atoms with Crippen molar-refractivity contribution >= 4 is 21.6 Å². The molecule has 0 amide bonds. The first-order chi connectivity index (χ1) is 9.53. The zero-order valence-corrected chi connectivity index (χ0v) is 12.7. The molecule has 1 aliphatic heterocycles.